The first-order valence-corrected chi connectivity index (χ1v) is 10.1. The average molecular weight is 447 g/mol. The molecule has 9 nitrogen and oxygen atoms in total. The van der Waals surface area contributed by atoms with Crippen LogP contribution in [0.15, 0.2) is 83.9 Å². The summed E-state index contributed by atoms with van der Waals surface area (Å²) in [5, 5.41) is 13.4. The molecule has 0 saturated carbocycles. The van der Waals surface area contributed by atoms with Gasteiger partial charge in [-0.05, 0) is 29.3 Å². The lowest BCUT2D eigenvalue weighted by atomic mass is 9.93. The summed E-state index contributed by atoms with van der Waals surface area (Å²) in [5.41, 5.74) is 5.74. The summed E-state index contributed by atoms with van der Waals surface area (Å²) < 4.78 is 0. The summed E-state index contributed by atoms with van der Waals surface area (Å²) in [7, 11) is 1.26. The van der Waals surface area contributed by atoms with Gasteiger partial charge in [0.25, 0.3) is 0 Å². The fourth-order valence-electron chi connectivity index (χ4n) is 3.44. The van der Waals surface area contributed by atoms with Gasteiger partial charge in [0.2, 0.25) is 0 Å². The summed E-state index contributed by atoms with van der Waals surface area (Å²) in [6, 6.07) is 21.5. The van der Waals surface area contributed by atoms with Gasteiger partial charge in [0.15, 0.2) is 6.04 Å². The maximum Gasteiger partial charge on any atom is 0.346 e. The molecule has 3 aromatic rings. The second-order valence-corrected chi connectivity index (χ2v) is 6.96. The fourth-order valence-corrected chi connectivity index (χ4v) is 3.44. The van der Waals surface area contributed by atoms with Gasteiger partial charge in [0.05, 0.1) is 12.8 Å². The SMILES string of the molecule is CON(C(=O)Nc1ccccc1)C(Cc1cccc(N=CNN)c1-c1ccccc1)C(=O)O. The Balaban J connectivity index is 1.98. The Morgan fingerprint density at radius 3 is 2.33 bits per heavy atom. The van der Waals surface area contributed by atoms with Gasteiger partial charge in [-0.3, -0.25) is 4.84 Å². The minimum atomic E-state index is -1.30. The van der Waals surface area contributed by atoms with Crippen LogP contribution >= 0.6 is 0 Å². The number of amides is 2. The Kier molecular flexibility index (Phi) is 8.12. The number of hydrazine groups is 1. The molecule has 0 spiro atoms. The van der Waals surface area contributed by atoms with E-state index in [0.717, 1.165) is 16.2 Å². The van der Waals surface area contributed by atoms with E-state index >= 15 is 0 Å². The largest absolute Gasteiger partial charge is 0.480 e. The number of carboxylic acid groups (broad SMARTS) is 1. The van der Waals surface area contributed by atoms with E-state index in [2.05, 4.69) is 15.7 Å². The molecule has 5 N–H and O–H groups in total. The number of hydrogen-bond donors (Lipinski definition) is 4. The molecule has 0 aromatic heterocycles. The molecule has 9 heteroatoms. The molecule has 3 rings (SSSR count). The van der Waals surface area contributed by atoms with Gasteiger partial charge in [0.1, 0.15) is 6.34 Å². The summed E-state index contributed by atoms with van der Waals surface area (Å²) in [6.45, 7) is 0. The van der Waals surface area contributed by atoms with Gasteiger partial charge in [-0.25, -0.2) is 20.4 Å². The van der Waals surface area contributed by atoms with Gasteiger partial charge in [-0.15, -0.1) is 0 Å². The minimum absolute atomic E-state index is 0.0188. The lowest BCUT2D eigenvalue weighted by Gasteiger charge is -2.27. The number of rotatable bonds is 9. The molecule has 1 unspecified atom stereocenters. The lowest BCUT2D eigenvalue weighted by molar-refractivity contribution is -0.163. The van der Waals surface area contributed by atoms with E-state index in [9.17, 15) is 14.7 Å². The van der Waals surface area contributed by atoms with Crippen LogP contribution in [0.4, 0.5) is 16.2 Å². The Labute approximate surface area is 191 Å². The molecule has 0 aliphatic carbocycles. The van der Waals surface area contributed by atoms with Gasteiger partial charge >= 0.3 is 12.0 Å². The normalized spacial score (nSPS) is 11.7. The van der Waals surface area contributed by atoms with Crippen molar-refractivity contribution in [2.75, 3.05) is 12.4 Å². The van der Waals surface area contributed by atoms with Crippen LogP contribution in [0.3, 0.4) is 0 Å². The predicted molar refractivity (Wildman–Crippen MR) is 127 cm³/mol. The maximum atomic E-state index is 12.8. The Morgan fingerprint density at radius 1 is 1.06 bits per heavy atom. The molecule has 3 aromatic carbocycles. The molecular weight excluding hydrogens is 422 g/mol. The number of para-hydroxylation sites is 1. The molecule has 2 amide bonds. The topological polar surface area (TPSA) is 129 Å². The predicted octanol–water partition coefficient (Wildman–Crippen LogP) is 3.57. The zero-order valence-corrected chi connectivity index (χ0v) is 18.0. The summed E-state index contributed by atoms with van der Waals surface area (Å²) in [5.74, 6) is 4.12. The first-order valence-electron chi connectivity index (χ1n) is 10.1. The van der Waals surface area contributed by atoms with Crippen molar-refractivity contribution in [2.24, 2.45) is 10.8 Å². The van der Waals surface area contributed by atoms with E-state index in [4.69, 9.17) is 10.7 Å². The number of nitrogens with one attached hydrogen (secondary N) is 2. The molecule has 0 heterocycles. The van der Waals surface area contributed by atoms with Gasteiger partial charge in [-0.2, -0.15) is 5.06 Å². The van der Waals surface area contributed by atoms with E-state index in [1.807, 2.05) is 36.4 Å². The number of nitrogens with zero attached hydrogens (tertiary/aromatic N) is 2. The highest BCUT2D eigenvalue weighted by molar-refractivity contribution is 5.92. The summed E-state index contributed by atoms with van der Waals surface area (Å²) in [4.78, 5) is 34.6. The third-order valence-electron chi connectivity index (χ3n) is 4.87. The number of aliphatic imine (C=N–C) groups is 1. The van der Waals surface area contributed by atoms with E-state index < -0.39 is 18.0 Å². The Morgan fingerprint density at radius 2 is 1.73 bits per heavy atom. The van der Waals surface area contributed by atoms with Crippen LogP contribution in [0.2, 0.25) is 0 Å². The van der Waals surface area contributed by atoms with Gasteiger partial charge in [0, 0.05) is 17.7 Å². The number of benzene rings is 3. The number of carbonyl (C=O) groups is 2. The monoisotopic (exact) mass is 447 g/mol. The van der Waals surface area contributed by atoms with Gasteiger partial charge < -0.3 is 15.8 Å². The van der Waals surface area contributed by atoms with Crippen LogP contribution in [-0.4, -0.2) is 41.7 Å². The van der Waals surface area contributed by atoms with E-state index in [1.165, 1.54) is 13.4 Å². The standard InChI is InChI=1S/C24H25N5O4/c1-33-29(24(32)28-19-12-6-3-7-13-19)21(23(30)31)15-18-11-8-14-20(26-16-27-25)22(18)17-9-4-2-5-10-17/h2-14,16,21H,15,25H2,1H3,(H,26,27)(H,28,32)(H,30,31). The maximum absolute atomic E-state index is 12.8. The van der Waals surface area contributed by atoms with Crippen LogP contribution in [0.25, 0.3) is 11.1 Å². The first kappa shape index (κ1) is 23.5. The van der Waals surface area contributed by atoms with E-state index in [-0.39, 0.29) is 6.42 Å². The third-order valence-corrected chi connectivity index (χ3v) is 4.87. The molecular formula is C24H25N5O4. The van der Waals surface area contributed by atoms with Crippen LogP contribution in [0.1, 0.15) is 5.56 Å². The molecule has 33 heavy (non-hydrogen) atoms. The lowest BCUT2D eigenvalue weighted by Crippen LogP contribution is -2.47. The van der Waals surface area contributed by atoms with E-state index in [1.54, 1.807) is 42.5 Å². The second kappa shape index (κ2) is 11.4. The van der Waals surface area contributed by atoms with Crippen molar-refractivity contribution in [2.45, 2.75) is 12.5 Å². The van der Waals surface area contributed by atoms with Gasteiger partial charge in [-0.1, -0.05) is 60.7 Å². The molecule has 0 aliphatic rings. The van der Waals surface area contributed by atoms with Crippen LogP contribution in [0, 0.1) is 0 Å². The van der Waals surface area contributed by atoms with Crippen LogP contribution in [-0.2, 0) is 16.1 Å². The van der Waals surface area contributed by atoms with Crippen molar-refractivity contribution < 1.29 is 19.5 Å². The number of hydrogen-bond acceptors (Lipinski definition) is 5. The number of nitrogens with two attached hydrogens (primary N) is 1. The molecule has 0 saturated heterocycles. The van der Waals surface area contributed by atoms with Crippen LogP contribution in [0.5, 0.6) is 0 Å². The van der Waals surface area contributed by atoms with Crippen molar-refractivity contribution >= 4 is 29.7 Å². The Bertz CT molecular complexity index is 1110. The van der Waals surface area contributed by atoms with Crippen molar-refractivity contribution in [3.63, 3.8) is 0 Å². The molecule has 0 fully saturated rings. The molecule has 0 aliphatic heterocycles. The fraction of sp³-hybridized carbons (Fsp3) is 0.125. The quantitative estimate of drug-likeness (QED) is 0.172. The van der Waals surface area contributed by atoms with E-state index in [0.29, 0.717) is 16.9 Å². The first-order chi connectivity index (χ1) is 16.0. The van der Waals surface area contributed by atoms with Crippen molar-refractivity contribution in [1.82, 2.24) is 10.5 Å². The molecule has 0 radical (unpaired) electrons. The number of urea groups is 1. The summed E-state index contributed by atoms with van der Waals surface area (Å²) in [6.07, 6.45) is 1.32. The van der Waals surface area contributed by atoms with Crippen molar-refractivity contribution in [3.8, 4) is 11.1 Å². The van der Waals surface area contributed by atoms with Crippen LogP contribution < -0.4 is 16.6 Å². The number of carboxylic acids is 1. The second-order valence-electron chi connectivity index (χ2n) is 6.96. The molecule has 170 valence electrons. The average Bonchev–Trinajstić information content (AvgIpc) is 2.83. The number of carbonyl (C=O) groups excluding carboxylic acids is 1. The van der Waals surface area contributed by atoms with Crippen molar-refractivity contribution in [3.05, 3.63) is 84.4 Å². The minimum Gasteiger partial charge on any atom is -0.480 e. The summed E-state index contributed by atoms with van der Waals surface area (Å²) >= 11 is 0. The Hall–Kier alpha value is -4.21. The number of hydroxylamine groups is 2. The number of aliphatic carboxylic acids is 1. The third kappa shape index (κ3) is 5.94. The smallest absolute Gasteiger partial charge is 0.346 e. The zero-order chi connectivity index (χ0) is 23.6. The highest BCUT2D eigenvalue weighted by Gasteiger charge is 2.32. The zero-order valence-electron chi connectivity index (χ0n) is 18.0. The highest BCUT2D eigenvalue weighted by atomic mass is 16.7. The molecule has 1 atom stereocenters. The highest BCUT2D eigenvalue weighted by Crippen LogP contribution is 2.34. The van der Waals surface area contributed by atoms with Crippen molar-refractivity contribution in [1.29, 1.82) is 0 Å². The number of anilines is 1. The molecule has 0 bridgehead atoms.